The van der Waals surface area contributed by atoms with Crippen LogP contribution < -0.4 is 5.32 Å². The molecule has 2 N–H and O–H groups in total. The number of hydrogen-bond donors (Lipinski definition) is 2. The van der Waals surface area contributed by atoms with Gasteiger partial charge in [0, 0.05) is 25.5 Å². The third kappa shape index (κ3) is 2.24. The highest BCUT2D eigenvalue weighted by Gasteiger charge is 2.13. The minimum absolute atomic E-state index is 0.181. The highest BCUT2D eigenvalue weighted by molar-refractivity contribution is 5.75. The summed E-state index contributed by atoms with van der Waals surface area (Å²) in [4.78, 5) is 11.8. The van der Waals surface area contributed by atoms with E-state index in [1.807, 2.05) is 24.4 Å². The molecule has 0 radical (unpaired) electrons. The van der Waals surface area contributed by atoms with Gasteiger partial charge in [-0.25, -0.2) is 9.97 Å². The molecule has 98 valence electrons. The van der Waals surface area contributed by atoms with E-state index in [4.69, 9.17) is 0 Å². The minimum atomic E-state index is 0.181. The molecule has 5 heteroatoms. The molecule has 0 amide bonds. The molecule has 1 unspecified atom stereocenters. The lowest BCUT2D eigenvalue weighted by Crippen LogP contribution is -2.21. The van der Waals surface area contributed by atoms with Crippen molar-refractivity contribution in [1.29, 1.82) is 0 Å². The molecule has 5 nitrogen and oxygen atoms in total. The fourth-order valence-corrected chi connectivity index (χ4v) is 2.29. The number of aromatic amines is 1. The summed E-state index contributed by atoms with van der Waals surface area (Å²) >= 11 is 0. The van der Waals surface area contributed by atoms with E-state index in [0.717, 1.165) is 29.1 Å². The Morgan fingerprint density at radius 1 is 1.37 bits per heavy atom. The summed E-state index contributed by atoms with van der Waals surface area (Å²) in [6, 6.07) is 8.37. The van der Waals surface area contributed by atoms with Gasteiger partial charge in [0.25, 0.3) is 0 Å². The molecule has 2 heterocycles. The molecule has 0 bridgehead atoms. The standard InChI is InChI=1S/C14H17N5/c1-10(16-8-11-7-15-9-17-11)14-18-12-5-3-4-6-13(12)19(14)2/h3-7,9-10,16H,8H2,1-2H3,(H,15,17). The number of fused-ring (bicyclic) bond motifs is 1. The summed E-state index contributed by atoms with van der Waals surface area (Å²) in [6.07, 6.45) is 3.52. The molecule has 0 saturated carbocycles. The average Bonchev–Trinajstić information content (AvgIpc) is 3.05. The van der Waals surface area contributed by atoms with Crippen molar-refractivity contribution in [3.05, 3.63) is 48.3 Å². The predicted octanol–water partition coefficient (Wildman–Crippen LogP) is 2.15. The van der Waals surface area contributed by atoms with Gasteiger partial charge in [-0.05, 0) is 19.1 Å². The Labute approximate surface area is 111 Å². The number of hydrogen-bond acceptors (Lipinski definition) is 3. The molecule has 0 aliphatic heterocycles. The number of H-pyrrole nitrogens is 1. The summed E-state index contributed by atoms with van der Waals surface area (Å²) in [5.74, 6) is 1.04. The number of aromatic nitrogens is 4. The molecular formula is C14H17N5. The van der Waals surface area contributed by atoms with Crippen LogP contribution in [0.5, 0.6) is 0 Å². The van der Waals surface area contributed by atoms with Crippen LogP contribution in [0, 0.1) is 0 Å². The molecular weight excluding hydrogens is 238 g/mol. The Kier molecular flexibility index (Phi) is 3.05. The topological polar surface area (TPSA) is 58.5 Å². The van der Waals surface area contributed by atoms with Crippen molar-refractivity contribution in [3.63, 3.8) is 0 Å². The summed E-state index contributed by atoms with van der Waals surface area (Å²) in [5, 5.41) is 3.45. The first-order valence-electron chi connectivity index (χ1n) is 6.37. The molecule has 0 saturated heterocycles. The molecule has 0 fully saturated rings. The number of para-hydroxylation sites is 2. The van der Waals surface area contributed by atoms with E-state index in [0.29, 0.717) is 0 Å². The predicted molar refractivity (Wildman–Crippen MR) is 74.6 cm³/mol. The van der Waals surface area contributed by atoms with Gasteiger partial charge < -0.3 is 14.9 Å². The zero-order chi connectivity index (χ0) is 13.2. The average molecular weight is 255 g/mol. The molecule has 0 aliphatic rings. The monoisotopic (exact) mass is 255 g/mol. The Balaban J connectivity index is 1.81. The van der Waals surface area contributed by atoms with Crippen molar-refractivity contribution in [2.75, 3.05) is 0 Å². The van der Waals surface area contributed by atoms with Crippen LogP contribution in [-0.4, -0.2) is 19.5 Å². The number of imidazole rings is 2. The number of rotatable bonds is 4. The van der Waals surface area contributed by atoms with Gasteiger partial charge >= 0.3 is 0 Å². The van der Waals surface area contributed by atoms with Crippen LogP contribution in [0.15, 0.2) is 36.8 Å². The first-order valence-corrected chi connectivity index (χ1v) is 6.37. The summed E-state index contributed by atoms with van der Waals surface area (Å²) in [6.45, 7) is 2.88. The lowest BCUT2D eigenvalue weighted by atomic mass is 10.3. The molecule has 2 aromatic heterocycles. The quantitative estimate of drug-likeness (QED) is 0.751. The van der Waals surface area contributed by atoms with Crippen LogP contribution in [-0.2, 0) is 13.6 Å². The van der Waals surface area contributed by atoms with Gasteiger partial charge in [-0.2, -0.15) is 0 Å². The van der Waals surface area contributed by atoms with E-state index in [9.17, 15) is 0 Å². The van der Waals surface area contributed by atoms with E-state index in [2.05, 4.69) is 44.9 Å². The zero-order valence-electron chi connectivity index (χ0n) is 11.1. The third-order valence-corrected chi connectivity index (χ3v) is 3.36. The smallest absolute Gasteiger partial charge is 0.126 e. The van der Waals surface area contributed by atoms with Gasteiger partial charge in [-0.1, -0.05) is 12.1 Å². The second-order valence-electron chi connectivity index (χ2n) is 4.70. The Bertz CT molecular complexity index is 668. The van der Waals surface area contributed by atoms with Gasteiger partial charge in [0.1, 0.15) is 5.82 Å². The maximum Gasteiger partial charge on any atom is 0.126 e. The number of nitrogens with zero attached hydrogens (tertiary/aromatic N) is 3. The second-order valence-corrected chi connectivity index (χ2v) is 4.70. The number of aryl methyl sites for hydroxylation is 1. The second kappa shape index (κ2) is 4.85. The Morgan fingerprint density at radius 3 is 2.95 bits per heavy atom. The fourth-order valence-electron chi connectivity index (χ4n) is 2.29. The lowest BCUT2D eigenvalue weighted by molar-refractivity contribution is 0.529. The highest BCUT2D eigenvalue weighted by Crippen LogP contribution is 2.19. The Morgan fingerprint density at radius 2 is 2.21 bits per heavy atom. The van der Waals surface area contributed by atoms with Crippen LogP contribution >= 0.6 is 0 Å². The Hall–Kier alpha value is -2.14. The van der Waals surface area contributed by atoms with Crippen molar-refractivity contribution in [2.45, 2.75) is 19.5 Å². The molecule has 3 aromatic rings. The zero-order valence-corrected chi connectivity index (χ0v) is 11.1. The summed E-state index contributed by atoms with van der Waals surface area (Å²) in [5.41, 5.74) is 3.27. The van der Waals surface area contributed by atoms with Gasteiger partial charge in [0.05, 0.1) is 23.4 Å². The van der Waals surface area contributed by atoms with E-state index in [-0.39, 0.29) is 6.04 Å². The van der Waals surface area contributed by atoms with Gasteiger partial charge in [-0.15, -0.1) is 0 Å². The largest absolute Gasteiger partial charge is 0.347 e. The van der Waals surface area contributed by atoms with Gasteiger partial charge in [-0.3, -0.25) is 0 Å². The van der Waals surface area contributed by atoms with Gasteiger partial charge in [0.2, 0.25) is 0 Å². The van der Waals surface area contributed by atoms with Crippen LogP contribution in [0.3, 0.4) is 0 Å². The van der Waals surface area contributed by atoms with Gasteiger partial charge in [0.15, 0.2) is 0 Å². The maximum absolute atomic E-state index is 4.69. The van der Waals surface area contributed by atoms with Crippen LogP contribution in [0.2, 0.25) is 0 Å². The van der Waals surface area contributed by atoms with E-state index in [1.54, 1.807) is 6.33 Å². The molecule has 19 heavy (non-hydrogen) atoms. The third-order valence-electron chi connectivity index (χ3n) is 3.36. The van der Waals surface area contributed by atoms with E-state index < -0.39 is 0 Å². The number of benzene rings is 1. The molecule has 0 spiro atoms. The number of nitrogens with one attached hydrogen (secondary N) is 2. The van der Waals surface area contributed by atoms with Crippen molar-refractivity contribution >= 4 is 11.0 Å². The summed E-state index contributed by atoms with van der Waals surface area (Å²) in [7, 11) is 2.05. The molecule has 3 rings (SSSR count). The first kappa shape index (κ1) is 11.9. The normalized spacial score (nSPS) is 12.9. The lowest BCUT2D eigenvalue weighted by Gasteiger charge is -2.13. The summed E-state index contributed by atoms with van der Waals surface area (Å²) < 4.78 is 2.14. The minimum Gasteiger partial charge on any atom is -0.347 e. The van der Waals surface area contributed by atoms with Crippen LogP contribution in [0.1, 0.15) is 24.5 Å². The van der Waals surface area contributed by atoms with Crippen LogP contribution in [0.4, 0.5) is 0 Å². The van der Waals surface area contributed by atoms with Crippen molar-refractivity contribution < 1.29 is 0 Å². The first-order chi connectivity index (χ1) is 9.25. The van der Waals surface area contributed by atoms with E-state index in [1.165, 1.54) is 0 Å². The molecule has 0 aliphatic carbocycles. The van der Waals surface area contributed by atoms with Crippen molar-refractivity contribution in [1.82, 2.24) is 24.8 Å². The van der Waals surface area contributed by atoms with E-state index >= 15 is 0 Å². The maximum atomic E-state index is 4.69. The molecule has 1 aromatic carbocycles. The fraction of sp³-hybridized carbons (Fsp3) is 0.286. The SMILES string of the molecule is CC(NCc1cnc[nH]1)c1nc2ccccc2n1C. The highest BCUT2D eigenvalue weighted by atomic mass is 15.1. The van der Waals surface area contributed by atoms with Crippen molar-refractivity contribution in [3.8, 4) is 0 Å². The van der Waals surface area contributed by atoms with Crippen molar-refractivity contribution in [2.24, 2.45) is 7.05 Å². The molecule has 1 atom stereocenters. The van der Waals surface area contributed by atoms with Crippen LogP contribution in [0.25, 0.3) is 11.0 Å².